The Hall–Kier alpha value is -3.95. The molecule has 0 saturated heterocycles. The molecule has 2 heterocycles. The number of halogens is 1. The summed E-state index contributed by atoms with van der Waals surface area (Å²) in [6.45, 7) is 8.25. The summed E-state index contributed by atoms with van der Waals surface area (Å²) in [7, 11) is 0. The zero-order chi connectivity index (χ0) is 28.4. The number of aromatic nitrogens is 3. The zero-order valence-electron chi connectivity index (χ0n) is 22.8. The smallest absolute Gasteiger partial charge is 0.347 e. The number of oxazole rings is 1. The number of aliphatic carboxylic acids is 1. The molecule has 0 aliphatic carbocycles. The molecule has 2 aromatic heterocycles. The molecule has 3 aromatic carbocycles. The van der Waals surface area contributed by atoms with Gasteiger partial charge in [0.1, 0.15) is 17.3 Å². The number of carboxylic acids is 1. The Labute approximate surface area is 241 Å². The molecule has 0 fully saturated rings. The molecule has 8 nitrogen and oxygen atoms in total. The minimum absolute atomic E-state index is 0.0697. The first-order valence-corrected chi connectivity index (χ1v) is 13.8. The van der Waals surface area contributed by atoms with Crippen molar-refractivity contribution in [2.45, 2.75) is 52.4 Å². The maximum Gasteiger partial charge on any atom is 0.347 e. The second kappa shape index (κ2) is 11.3. The Balaban J connectivity index is 1.43. The molecule has 2 N–H and O–H groups in total. The molecule has 0 spiro atoms. The Bertz CT molecular complexity index is 1610. The van der Waals surface area contributed by atoms with Crippen LogP contribution in [0.15, 0.2) is 81.7 Å². The van der Waals surface area contributed by atoms with Crippen molar-refractivity contribution in [2.24, 2.45) is 0 Å². The number of ether oxygens (including phenoxy) is 1. The van der Waals surface area contributed by atoms with E-state index in [1.165, 1.54) is 13.8 Å². The summed E-state index contributed by atoms with van der Waals surface area (Å²) >= 11 is 3.52. The van der Waals surface area contributed by atoms with Crippen LogP contribution in [0.4, 0.5) is 0 Å². The van der Waals surface area contributed by atoms with Gasteiger partial charge in [0.2, 0.25) is 5.89 Å². The van der Waals surface area contributed by atoms with Gasteiger partial charge in [0.25, 0.3) is 0 Å². The van der Waals surface area contributed by atoms with Crippen LogP contribution in [0.3, 0.4) is 0 Å². The zero-order valence-corrected chi connectivity index (χ0v) is 24.4. The Kier molecular flexibility index (Phi) is 7.78. The van der Waals surface area contributed by atoms with E-state index < -0.39 is 11.6 Å². The highest BCUT2D eigenvalue weighted by Crippen LogP contribution is 2.29. The van der Waals surface area contributed by atoms with Gasteiger partial charge in [-0.1, -0.05) is 46.3 Å². The highest BCUT2D eigenvalue weighted by molar-refractivity contribution is 9.10. The predicted molar refractivity (Wildman–Crippen MR) is 157 cm³/mol. The molecular formula is C31H31BrN4O4. The van der Waals surface area contributed by atoms with E-state index in [2.05, 4.69) is 32.7 Å². The SMILES string of the molecule is Cc1oc(-c2cccc(Br)c2)nc1CN(Cc1ccc(OC(C)(C)C(=O)O)cc1)C(C)c1nc2ccccc2[nH]1. The van der Waals surface area contributed by atoms with E-state index in [0.29, 0.717) is 24.7 Å². The highest BCUT2D eigenvalue weighted by atomic mass is 79.9. The number of rotatable bonds is 10. The summed E-state index contributed by atoms with van der Waals surface area (Å²) in [5, 5.41) is 9.39. The van der Waals surface area contributed by atoms with Crippen LogP contribution in [0, 0.1) is 6.92 Å². The van der Waals surface area contributed by atoms with Gasteiger partial charge >= 0.3 is 5.97 Å². The number of aryl methyl sites for hydroxylation is 1. The lowest BCUT2D eigenvalue weighted by Gasteiger charge is -2.27. The van der Waals surface area contributed by atoms with Crippen molar-refractivity contribution in [3.05, 3.63) is 100 Å². The average Bonchev–Trinajstić information content (AvgIpc) is 3.52. The van der Waals surface area contributed by atoms with Gasteiger partial charge in [-0.2, -0.15) is 0 Å². The van der Waals surface area contributed by atoms with Crippen molar-refractivity contribution >= 4 is 32.9 Å². The molecule has 40 heavy (non-hydrogen) atoms. The van der Waals surface area contributed by atoms with Crippen LogP contribution in [-0.2, 0) is 17.9 Å². The lowest BCUT2D eigenvalue weighted by atomic mass is 10.1. The normalized spacial score (nSPS) is 12.7. The fraction of sp³-hybridized carbons (Fsp3) is 0.258. The number of aromatic amines is 1. The van der Waals surface area contributed by atoms with Gasteiger partial charge in [0.05, 0.1) is 22.8 Å². The van der Waals surface area contributed by atoms with Crippen LogP contribution in [-0.4, -0.2) is 36.5 Å². The molecule has 0 radical (unpaired) electrons. The average molecular weight is 604 g/mol. The van der Waals surface area contributed by atoms with E-state index in [9.17, 15) is 9.90 Å². The summed E-state index contributed by atoms with van der Waals surface area (Å²) in [6.07, 6.45) is 0. The Morgan fingerprint density at radius 2 is 1.82 bits per heavy atom. The van der Waals surface area contributed by atoms with E-state index in [0.717, 1.165) is 43.9 Å². The van der Waals surface area contributed by atoms with Crippen molar-refractivity contribution in [1.82, 2.24) is 19.9 Å². The Morgan fingerprint density at radius 1 is 1.07 bits per heavy atom. The van der Waals surface area contributed by atoms with Crippen LogP contribution in [0.5, 0.6) is 5.75 Å². The third-order valence-corrected chi connectivity index (χ3v) is 7.36. The summed E-state index contributed by atoms with van der Waals surface area (Å²) in [5.41, 5.74) is 3.38. The number of nitrogens with zero attached hydrogens (tertiary/aromatic N) is 3. The van der Waals surface area contributed by atoms with Gasteiger partial charge in [-0.3, -0.25) is 4.90 Å². The molecule has 206 valence electrons. The number of hydrogen-bond acceptors (Lipinski definition) is 6. The first-order chi connectivity index (χ1) is 19.1. The second-order valence-corrected chi connectivity index (χ2v) is 11.2. The molecular weight excluding hydrogens is 572 g/mol. The number of carbonyl (C=O) groups is 1. The number of nitrogens with one attached hydrogen (secondary N) is 1. The van der Waals surface area contributed by atoms with Gasteiger partial charge in [0, 0.05) is 23.1 Å². The molecule has 1 atom stereocenters. The molecule has 0 aliphatic heterocycles. The maximum atomic E-state index is 11.5. The number of fused-ring (bicyclic) bond motifs is 1. The van der Waals surface area contributed by atoms with Crippen molar-refractivity contribution in [3.8, 4) is 17.2 Å². The van der Waals surface area contributed by atoms with Crippen molar-refractivity contribution in [2.75, 3.05) is 0 Å². The number of para-hydroxylation sites is 2. The predicted octanol–water partition coefficient (Wildman–Crippen LogP) is 7.29. The first-order valence-electron chi connectivity index (χ1n) is 13.0. The van der Waals surface area contributed by atoms with Crippen molar-refractivity contribution in [3.63, 3.8) is 0 Å². The molecule has 0 aliphatic rings. The van der Waals surface area contributed by atoms with Crippen LogP contribution in [0.1, 0.15) is 49.7 Å². The fourth-order valence-electron chi connectivity index (χ4n) is 4.42. The van der Waals surface area contributed by atoms with E-state index in [-0.39, 0.29) is 6.04 Å². The monoisotopic (exact) mass is 602 g/mol. The molecule has 0 amide bonds. The van der Waals surface area contributed by atoms with Gasteiger partial charge in [-0.25, -0.2) is 14.8 Å². The van der Waals surface area contributed by atoms with E-state index >= 15 is 0 Å². The van der Waals surface area contributed by atoms with E-state index in [1.54, 1.807) is 12.1 Å². The standard InChI is InChI=1S/C31H31BrN4O4/c1-19(28-33-25-10-5-6-11-26(25)34-28)36(17-21-12-14-24(15-13-21)40-31(3,4)30(37)38)18-27-20(2)39-29(35-27)22-8-7-9-23(32)16-22/h5-16,19H,17-18H2,1-4H3,(H,33,34)(H,37,38). The summed E-state index contributed by atoms with van der Waals surface area (Å²) in [4.78, 5) is 26.9. The molecule has 0 bridgehead atoms. The van der Waals surface area contributed by atoms with Crippen molar-refractivity contribution < 1.29 is 19.1 Å². The van der Waals surface area contributed by atoms with Crippen LogP contribution in [0.25, 0.3) is 22.5 Å². The molecule has 1 unspecified atom stereocenters. The largest absolute Gasteiger partial charge is 0.478 e. The van der Waals surface area contributed by atoms with Crippen LogP contribution >= 0.6 is 15.9 Å². The van der Waals surface area contributed by atoms with Gasteiger partial charge in [-0.15, -0.1) is 0 Å². The molecule has 0 saturated carbocycles. The summed E-state index contributed by atoms with van der Waals surface area (Å²) < 4.78 is 12.7. The van der Waals surface area contributed by atoms with Crippen LogP contribution < -0.4 is 4.74 Å². The lowest BCUT2D eigenvalue weighted by Crippen LogP contribution is -2.37. The second-order valence-electron chi connectivity index (χ2n) is 10.3. The third-order valence-electron chi connectivity index (χ3n) is 6.87. The van der Waals surface area contributed by atoms with Gasteiger partial charge in [0.15, 0.2) is 5.60 Å². The molecule has 5 aromatic rings. The minimum Gasteiger partial charge on any atom is -0.478 e. The summed E-state index contributed by atoms with van der Waals surface area (Å²) in [5.74, 6) is 1.67. The third kappa shape index (κ3) is 6.11. The number of hydrogen-bond donors (Lipinski definition) is 2. The van der Waals surface area contributed by atoms with Gasteiger partial charge < -0.3 is 19.2 Å². The van der Waals surface area contributed by atoms with Crippen molar-refractivity contribution in [1.29, 1.82) is 0 Å². The number of benzene rings is 3. The topological polar surface area (TPSA) is 104 Å². The number of carboxylic acid groups (broad SMARTS) is 1. The fourth-order valence-corrected chi connectivity index (χ4v) is 4.82. The van der Waals surface area contributed by atoms with E-state index in [1.807, 2.05) is 67.6 Å². The van der Waals surface area contributed by atoms with Gasteiger partial charge in [-0.05, 0) is 75.7 Å². The summed E-state index contributed by atoms with van der Waals surface area (Å²) in [6, 6.07) is 23.3. The number of H-pyrrole nitrogens is 1. The quantitative estimate of drug-likeness (QED) is 0.173. The first kappa shape index (κ1) is 27.6. The van der Waals surface area contributed by atoms with E-state index in [4.69, 9.17) is 19.1 Å². The number of imidazole rings is 1. The minimum atomic E-state index is -1.32. The highest BCUT2D eigenvalue weighted by Gasteiger charge is 2.29. The molecule has 5 rings (SSSR count). The molecule has 9 heteroatoms. The van der Waals surface area contributed by atoms with Crippen LogP contribution in [0.2, 0.25) is 0 Å². The maximum absolute atomic E-state index is 11.5. The lowest BCUT2D eigenvalue weighted by molar-refractivity contribution is -0.152. The Morgan fingerprint density at radius 3 is 2.52 bits per heavy atom.